The van der Waals surface area contributed by atoms with Gasteiger partial charge in [-0.2, -0.15) is 4.31 Å². The molecule has 0 N–H and O–H groups in total. The van der Waals surface area contributed by atoms with Gasteiger partial charge in [-0.3, -0.25) is 19.9 Å². The molecule has 144 valence electrons. The van der Waals surface area contributed by atoms with Crippen LogP contribution >= 0.6 is 0 Å². The number of rotatable bonds is 9. The number of hydrogen-bond donors (Lipinski definition) is 0. The highest BCUT2D eigenvalue weighted by molar-refractivity contribution is 7.88. The van der Waals surface area contributed by atoms with Gasteiger partial charge < -0.3 is 4.74 Å². The molecule has 1 aromatic heterocycles. The van der Waals surface area contributed by atoms with Crippen LogP contribution < -0.4 is 0 Å². The molecule has 2 rings (SSSR count). The number of nitro groups is 1. The average molecular weight is 393 g/mol. The van der Waals surface area contributed by atoms with Crippen molar-refractivity contribution in [3.05, 3.63) is 70.0 Å². The summed E-state index contributed by atoms with van der Waals surface area (Å²) in [6.45, 7) is 1.07. The van der Waals surface area contributed by atoms with E-state index in [4.69, 9.17) is 4.74 Å². The second-order valence-corrected chi connectivity index (χ2v) is 7.51. The lowest BCUT2D eigenvalue weighted by Gasteiger charge is -2.21. The lowest BCUT2D eigenvalue weighted by molar-refractivity contribution is -0.385. The monoisotopic (exact) mass is 393 g/mol. The third-order valence-electron chi connectivity index (χ3n) is 3.59. The molecule has 9 nitrogen and oxygen atoms in total. The van der Waals surface area contributed by atoms with E-state index in [1.165, 1.54) is 30.5 Å². The van der Waals surface area contributed by atoms with Gasteiger partial charge >= 0.3 is 5.97 Å². The van der Waals surface area contributed by atoms with E-state index in [9.17, 15) is 23.3 Å². The second kappa shape index (κ2) is 9.19. The van der Waals surface area contributed by atoms with E-state index in [1.807, 2.05) is 0 Å². The normalized spacial score (nSPS) is 11.3. The Bertz CT molecular complexity index is 902. The van der Waals surface area contributed by atoms with Gasteiger partial charge in [0.05, 0.1) is 29.5 Å². The molecule has 2 aromatic rings. The van der Waals surface area contributed by atoms with E-state index in [2.05, 4.69) is 4.98 Å². The predicted molar refractivity (Wildman–Crippen MR) is 97.0 cm³/mol. The topological polar surface area (TPSA) is 120 Å². The van der Waals surface area contributed by atoms with Gasteiger partial charge in [0.1, 0.15) is 6.54 Å². The number of nitro benzene ring substituents is 1. The van der Waals surface area contributed by atoms with Gasteiger partial charge in [0.25, 0.3) is 5.69 Å². The summed E-state index contributed by atoms with van der Waals surface area (Å²) < 4.78 is 31.5. The Morgan fingerprint density at radius 3 is 2.56 bits per heavy atom. The number of ether oxygens (including phenoxy) is 1. The van der Waals surface area contributed by atoms with Gasteiger partial charge in [0.2, 0.25) is 10.0 Å². The van der Waals surface area contributed by atoms with Gasteiger partial charge in [-0.15, -0.1) is 0 Å². The van der Waals surface area contributed by atoms with Crippen LogP contribution in [0.5, 0.6) is 0 Å². The number of hydrogen-bond acceptors (Lipinski definition) is 7. The largest absolute Gasteiger partial charge is 0.465 e. The number of aromatic nitrogens is 1. The maximum Gasteiger partial charge on any atom is 0.321 e. The maximum atomic E-state index is 12.9. The first-order valence-corrected chi connectivity index (χ1v) is 9.70. The zero-order valence-electron chi connectivity index (χ0n) is 14.6. The number of para-hydroxylation sites is 1. The molecule has 1 aromatic carbocycles. The highest BCUT2D eigenvalue weighted by Crippen LogP contribution is 2.22. The summed E-state index contributed by atoms with van der Waals surface area (Å²) in [4.78, 5) is 26.4. The molecule has 0 saturated carbocycles. The fourth-order valence-corrected chi connectivity index (χ4v) is 3.83. The SMILES string of the molecule is CCOC(=O)CN(Cc1ccccn1)S(=O)(=O)Cc1ccccc1[N+](=O)[O-]. The van der Waals surface area contributed by atoms with Crippen molar-refractivity contribution < 1.29 is 22.9 Å². The molecular formula is C17H19N3O6S. The lowest BCUT2D eigenvalue weighted by atomic mass is 10.2. The summed E-state index contributed by atoms with van der Waals surface area (Å²) >= 11 is 0. The third kappa shape index (κ3) is 5.83. The zero-order chi connectivity index (χ0) is 19.9. The van der Waals surface area contributed by atoms with E-state index in [-0.39, 0.29) is 24.4 Å². The van der Waals surface area contributed by atoms with Crippen molar-refractivity contribution in [2.24, 2.45) is 0 Å². The van der Waals surface area contributed by atoms with Crippen molar-refractivity contribution >= 4 is 21.7 Å². The van der Waals surface area contributed by atoms with Crippen LogP contribution in [0.25, 0.3) is 0 Å². The summed E-state index contributed by atoms with van der Waals surface area (Å²) in [6.07, 6.45) is 1.51. The minimum Gasteiger partial charge on any atom is -0.465 e. The molecule has 0 aliphatic heterocycles. The van der Waals surface area contributed by atoms with Gasteiger partial charge in [0, 0.05) is 17.8 Å². The number of carbonyl (C=O) groups is 1. The van der Waals surface area contributed by atoms with E-state index < -0.39 is 33.2 Å². The van der Waals surface area contributed by atoms with E-state index in [0.717, 1.165) is 4.31 Å². The Kier molecular flexibility index (Phi) is 6.97. The van der Waals surface area contributed by atoms with Crippen molar-refractivity contribution in [2.75, 3.05) is 13.2 Å². The minimum absolute atomic E-state index is 0.0392. The van der Waals surface area contributed by atoms with Crippen LogP contribution in [0.4, 0.5) is 5.69 Å². The van der Waals surface area contributed by atoms with Gasteiger partial charge in [0.15, 0.2) is 0 Å². The molecule has 0 saturated heterocycles. The third-order valence-corrected chi connectivity index (χ3v) is 5.32. The Hall–Kier alpha value is -2.85. The van der Waals surface area contributed by atoms with Crippen molar-refractivity contribution in [3.63, 3.8) is 0 Å². The minimum atomic E-state index is -4.05. The van der Waals surface area contributed by atoms with Crippen LogP contribution in [-0.2, 0) is 31.9 Å². The number of pyridine rings is 1. The molecule has 0 amide bonds. The van der Waals surface area contributed by atoms with Crippen LogP contribution in [0.2, 0.25) is 0 Å². The highest BCUT2D eigenvalue weighted by Gasteiger charge is 2.28. The van der Waals surface area contributed by atoms with Crippen molar-refractivity contribution in [2.45, 2.75) is 19.2 Å². The van der Waals surface area contributed by atoms with E-state index in [1.54, 1.807) is 25.1 Å². The van der Waals surface area contributed by atoms with Crippen molar-refractivity contribution in [3.8, 4) is 0 Å². The molecule has 0 spiro atoms. The predicted octanol–water partition coefficient (Wildman–Crippen LogP) is 1.88. The number of sulfonamides is 1. The van der Waals surface area contributed by atoms with Crippen molar-refractivity contribution in [1.82, 2.24) is 9.29 Å². The maximum absolute atomic E-state index is 12.9. The Labute approximate surface area is 156 Å². The van der Waals surface area contributed by atoms with Crippen LogP contribution in [-0.4, -0.2) is 41.8 Å². The number of esters is 1. The molecule has 0 aliphatic carbocycles. The van der Waals surface area contributed by atoms with E-state index in [0.29, 0.717) is 5.69 Å². The van der Waals surface area contributed by atoms with Gasteiger partial charge in [-0.05, 0) is 19.1 Å². The standard InChI is InChI=1S/C17H19N3O6S/c1-2-26-17(21)12-19(11-15-8-5-6-10-18-15)27(24,25)13-14-7-3-4-9-16(14)20(22)23/h3-10H,2,11-13H2,1H3. The number of carbonyl (C=O) groups excluding carboxylic acids is 1. The van der Waals surface area contributed by atoms with Crippen LogP contribution in [0, 0.1) is 10.1 Å². The fraction of sp³-hybridized carbons (Fsp3) is 0.294. The summed E-state index contributed by atoms with van der Waals surface area (Å²) in [5.41, 5.74) is 0.181. The summed E-state index contributed by atoms with van der Waals surface area (Å²) in [7, 11) is -4.05. The van der Waals surface area contributed by atoms with Gasteiger partial charge in [-0.1, -0.05) is 24.3 Å². The molecular weight excluding hydrogens is 374 g/mol. The summed E-state index contributed by atoms with van der Waals surface area (Å²) in [6, 6.07) is 10.6. The molecule has 10 heteroatoms. The quantitative estimate of drug-likeness (QED) is 0.362. The Morgan fingerprint density at radius 1 is 1.22 bits per heavy atom. The van der Waals surface area contributed by atoms with Gasteiger partial charge in [-0.25, -0.2) is 8.42 Å². The fourth-order valence-electron chi connectivity index (χ4n) is 2.37. The Balaban J connectivity index is 2.32. The summed E-state index contributed by atoms with van der Waals surface area (Å²) in [5.74, 6) is -1.32. The molecule has 0 atom stereocenters. The second-order valence-electron chi connectivity index (χ2n) is 5.54. The first-order valence-electron chi connectivity index (χ1n) is 8.09. The molecule has 0 aliphatic rings. The lowest BCUT2D eigenvalue weighted by Crippen LogP contribution is -2.37. The zero-order valence-corrected chi connectivity index (χ0v) is 15.5. The molecule has 0 bridgehead atoms. The molecule has 1 heterocycles. The number of benzene rings is 1. The number of nitrogens with zero attached hydrogens (tertiary/aromatic N) is 3. The van der Waals surface area contributed by atoms with Crippen LogP contribution in [0.15, 0.2) is 48.7 Å². The first kappa shape index (κ1) is 20.5. The van der Waals surface area contributed by atoms with E-state index >= 15 is 0 Å². The molecule has 0 radical (unpaired) electrons. The van der Waals surface area contributed by atoms with Crippen LogP contribution in [0.1, 0.15) is 18.2 Å². The Morgan fingerprint density at radius 2 is 1.93 bits per heavy atom. The summed E-state index contributed by atoms with van der Waals surface area (Å²) in [5, 5.41) is 11.1. The first-order chi connectivity index (χ1) is 12.8. The van der Waals surface area contributed by atoms with Crippen LogP contribution in [0.3, 0.4) is 0 Å². The molecule has 0 unspecified atom stereocenters. The molecule has 0 fully saturated rings. The smallest absolute Gasteiger partial charge is 0.321 e. The molecule has 27 heavy (non-hydrogen) atoms. The van der Waals surface area contributed by atoms with Crippen molar-refractivity contribution in [1.29, 1.82) is 0 Å². The highest BCUT2D eigenvalue weighted by atomic mass is 32.2. The average Bonchev–Trinajstić information content (AvgIpc) is 2.62.